The Morgan fingerprint density at radius 1 is 0.226 bits per heavy atom. The second kappa shape index (κ2) is 30.8. The lowest BCUT2D eigenvalue weighted by Gasteiger charge is -2.21. The molecule has 8 aromatic carbocycles. The first-order chi connectivity index (χ1) is 40.8. The summed E-state index contributed by atoms with van der Waals surface area (Å²) >= 11 is 28.8. The van der Waals surface area contributed by atoms with Crippen LogP contribution in [0.2, 0.25) is 0 Å². The SMILES string of the molecule is ClC(Cl)Cl.ClC(Cl)Cl.Oc1c2cccc1Cc1cccc3c1OCCCCCCOc1c4cccc1Cc1cccc(c1O)Cc1cccc(c1OCCCCCCOc1c(cccc1Cc1cccc(c1O)C3)C2)Cc1cccc(c1O)C4. The van der Waals surface area contributed by atoms with Crippen LogP contribution in [0.25, 0.3) is 0 Å². The topological polar surface area (TPSA) is 118 Å². The molecule has 2 aliphatic heterocycles. The number of phenols is 4. The molecule has 0 fully saturated rings. The second-order valence-electron chi connectivity index (χ2n) is 21.5. The summed E-state index contributed by atoms with van der Waals surface area (Å²) in [7, 11) is 0. The maximum Gasteiger partial charge on any atom is 0.180 e. The van der Waals surface area contributed by atoms with E-state index in [4.69, 9.17) is 88.6 Å². The summed E-state index contributed by atoms with van der Waals surface area (Å²) in [5, 5.41) is 48.0. The zero-order valence-corrected chi connectivity index (χ0v) is 51.4. The number of hydrogen-bond acceptors (Lipinski definition) is 8. The molecule has 0 saturated heterocycles. The highest BCUT2D eigenvalue weighted by Crippen LogP contribution is 2.41. The lowest BCUT2D eigenvalue weighted by Crippen LogP contribution is -2.08. The Kier molecular flexibility index (Phi) is 22.9. The van der Waals surface area contributed by atoms with Crippen molar-refractivity contribution in [3.63, 3.8) is 0 Å². The summed E-state index contributed by atoms with van der Waals surface area (Å²) < 4.78 is 25.7. The van der Waals surface area contributed by atoms with Crippen LogP contribution in [0.15, 0.2) is 146 Å². The van der Waals surface area contributed by atoms with Gasteiger partial charge in [-0.15, -0.1) is 0 Å². The lowest BCUT2D eigenvalue weighted by atomic mass is 9.91. The molecule has 0 aromatic heterocycles. The van der Waals surface area contributed by atoms with Gasteiger partial charge in [-0.25, -0.2) is 0 Å². The molecule has 4 aliphatic rings. The summed E-state index contributed by atoms with van der Waals surface area (Å²) in [5.41, 5.74) is 14.5. The third-order valence-corrected chi connectivity index (χ3v) is 15.6. The van der Waals surface area contributed by atoms with Gasteiger partial charge in [-0.2, -0.15) is 0 Å². The highest BCUT2D eigenvalue weighted by Gasteiger charge is 2.23. The Hall–Kier alpha value is -6.10. The number of para-hydroxylation sites is 8. The molecule has 0 radical (unpaired) electrons. The summed E-state index contributed by atoms with van der Waals surface area (Å²) in [6, 6.07) is 49.1. The van der Waals surface area contributed by atoms with Gasteiger partial charge in [0, 0.05) is 51.4 Å². The fraction of sp³-hybridized carbons (Fsp3) is 0.314. The van der Waals surface area contributed by atoms with Crippen molar-refractivity contribution in [1.29, 1.82) is 0 Å². The number of phenolic OH excluding ortho intramolecular Hbond substituents is 4. The van der Waals surface area contributed by atoms with Gasteiger partial charge < -0.3 is 39.4 Å². The predicted octanol–water partition coefficient (Wildman–Crippen LogP) is 18.2. The normalized spacial score (nSPS) is 14.9. The molecule has 0 atom stereocenters. The first-order valence-corrected chi connectivity index (χ1v) is 31.4. The molecule has 0 spiro atoms. The fourth-order valence-corrected chi connectivity index (χ4v) is 11.6. The largest absolute Gasteiger partial charge is 0.507 e. The Morgan fingerprint density at radius 3 is 0.500 bits per heavy atom. The van der Waals surface area contributed by atoms with Gasteiger partial charge in [0.1, 0.15) is 46.0 Å². The molecule has 14 heteroatoms. The van der Waals surface area contributed by atoms with Crippen molar-refractivity contribution >= 4 is 69.6 Å². The van der Waals surface area contributed by atoms with Crippen molar-refractivity contribution in [3.05, 3.63) is 235 Å². The zero-order chi connectivity index (χ0) is 59.0. The van der Waals surface area contributed by atoms with Crippen LogP contribution < -0.4 is 18.9 Å². The van der Waals surface area contributed by atoms with Gasteiger partial charge in [0.05, 0.1) is 26.4 Å². The molecule has 2 aliphatic carbocycles. The van der Waals surface area contributed by atoms with E-state index in [9.17, 15) is 20.4 Å². The van der Waals surface area contributed by atoms with E-state index in [2.05, 4.69) is 72.8 Å². The van der Waals surface area contributed by atoms with Crippen molar-refractivity contribution in [2.24, 2.45) is 0 Å². The minimum absolute atomic E-state index is 0.285. The van der Waals surface area contributed by atoms with E-state index >= 15 is 0 Å². The number of hydrogen-bond donors (Lipinski definition) is 4. The van der Waals surface area contributed by atoms with E-state index in [1.54, 1.807) is 0 Å². The fourth-order valence-electron chi connectivity index (χ4n) is 11.6. The van der Waals surface area contributed by atoms with Crippen LogP contribution >= 0.6 is 69.6 Å². The first kappa shape index (κ1) is 62.4. The van der Waals surface area contributed by atoms with Crippen molar-refractivity contribution in [2.75, 3.05) is 26.4 Å². The van der Waals surface area contributed by atoms with Gasteiger partial charge in [0.15, 0.2) is 8.59 Å². The van der Waals surface area contributed by atoms with Crippen LogP contribution in [-0.2, 0) is 51.4 Å². The van der Waals surface area contributed by atoms with Crippen molar-refractivity contribution in [1.82, 2.24) is 0 Å². The van der Waals surface area contributed by atoms with Crippen LogP contribution in [0.1, 0.15) is 140 Å². The molecule has 2 heterocycles. The van der Waals surface area contributed by atoms with Crippen LogP contribution in [0.4, 0.5) is 0 Å². The van der Waals surface area contributed by atoms with E-state index in [0.717, 1.165) is 163 Å². The van der Waals surface area contributed by atoms with Crippen molar-refractivity contribution in [3.8, 4) is 46.0 Å². The quantitative estimate of drug-likeness (QED) is 0.111. The summed E-state index contributed by atoms with van der Waals surface area (Å²) in [4.78, 5) is 0. The van der Waals surface area contributed by atoms with Gasteiger partial charge >= 0.3 is 0 Å². The smallest absolute Gasteiger partial charge is 0.180 e. The molecular formula is C70H70Cl6O8. The summed E-state index contributed by atoms with van der Waals surface area (Å²) in [6.45, 7) is 2.05. The average Bonchev–Trinajstić information content (AvgIpc) is 3.41. The summed E-state index contributed by atoms with van der Waals surface area (Å²) in [5.74, 6) is 4.33. The molecule has 4 N–H and O–H groups in total. The van der Waals surface area contributed by atoms with Gasteiger partial charge in [-0.3, -0.25) is 0 Å². The number of aromatic hydroxyl groups is 4. The van der Waals surface area contributed by atoms with Crippen molar-refractivity contribution in [2.45, 2.75) is 111 Å². The minimum Gasteiger partial charge on any atom is -0.507 e. The number of rotatable bonds is 0. The first-order valence-electron chi connectivity index (χ1n) is 28.8. The maximum absolute atomic E-state index is 12.0. The Morgan fingerprint density at radius 2 is 0.357 bits per heavy atom. The molecule has 84 heavy (non-hydrogen) atoms. The predicted molar refractivity (Wildman–Crippen MR) is 342 cm³/mol. The van der Waals surface area contributed by atoms with E-state index in [0.29, 0.717) is 77.8 Å². The van der Waals surface area contributed by atoms with Gasteiger partial charge in [0.25, 0.3) is 0 Å². The summed E-state index contributed by atoms with van der Waals surface area (Å²) in [6.07, 6.45) is 10.9. The van der Waals surface area contributed by atoms with Crippen LogP contribution in [0.5, 0.6) is 46.0 Å². The molecule has 0 saturated carbocycles. The van der Waals surface area contributed by atoms with Crippen LogP contribution in [0, 0.1) is 0 Å². The molecule has 20 bridgehead atoms. The van der Waals surface area contributed by atoms with E-state index in [1.807, 2.05) is 72.8 Å². The third-order valence-electron chi connectivity index (χ3n) is 15.6. The Balaban J connectivity index is 0.000000996. The van der Waals surface area contributed by atoms with Crippen LogP contribution in [0.3, 0.4) is 0 Å². The number of halogens is 6. The third kappa shape index (κ3) is 16.7. The maximum atomic E-state index is 12.0. The van der Waals surface area contributed by atoms with Crippen molar-refractivity contribution < 1.29 is 39.4 Å². The molecular weight excluding hydrogens is 1180 g/mol. The number of fused-ring (bicyclic) bond motifs is 16. The molecule has 8 aromatic rings. The van der Waals surface area contributed by atoms with Gasteiger partial charge in [-0.1, -0.05) is 215 Å². The van der Waals surface area contributed by atoms with E-state index in [-0.39, 0.29) is 23.0 Å². The number of ether oxygens (including phenoxy) is 4. The molecule has 12 rings (SSSR count). The zero-order valence-electron chi connectivity index (χ0n) is 46.8. The highest BCUT2D eigenvalue weighted by molar-refractivity contribution is 6.63. The second-order valence-corrected chi connectivity index (χ2v) is 25.4. The van der Waals surface area contributed by atoms with Gasteiger partial charge in [0.2, 0.25) is 0 Å². The monoisotopic (exact) mass is 1250 g/mol. The molecule has 0 unspecified atom stereocenters. The Labute approximate surface area is 523 Å². The highest BCUT2D eigenvalue weighted by atomic mass is 35.6. The average molecular weight is 1250 g/mol. The van der Waals surface area contributed by atoms with Crippen LogP contribution in [-0.4, -0.2) is 55.4 Å². The molecule has 440 valence electrons. The Bertz CT molecular complexity index is 2870. The minimum atomic E-state index is -0.750. The number of benzene rings is 8. The van der Waals surface area contributed by atoms with E-state index < -0.39 is 8.59 Å². The molecule has 8 nitrogen and oxygen atoms in total. The lowest BCUT2D eigenvalue weighted by molar-refractivity contribution is 0.282. The number of alkyl halides is 6. The van der Waals surface area contributed by atoms with Gasteiger partial charge in [-0.05, 0) is 140 Å². The van der Waals surface area contributed by atoms with E-state index in [1.165, 1.54) is 0 Å². The molecule has 0 amide bonds. The standard InChI is InChI=1S/C68H68O8.2CHCl3/c69-61-45-17-9-21-49(61)41-57-29-15-30-58-42-50-22-10-18-46(62(50)70)38-54-26-13-25-53(37-45)65(54)73-33-5-1-2-6-34-74-66-55-27-14-28-56(66)40-48-20-12-24-52(64(48)72)44-60-32-16-31-59(43-51-23-11-19-47(39-55)63(51)71)68(60)76-36-8-4-3-7-35-75-67(57)58;2*2-1(3)4/h9-32,69-72H,1-8,33-44H2;2*1H.